The molecule has 18 heteroatoms. The molecule has 1 aliphatic heterocycles. The Morgan fingerprint density at radius 1 is 0.793 bits per heavy atom. The highest BCUT2D eigenvalue weighted by atomic mass is 31.2. The fourth-order valence-electron chi connectivity index (χ4n) is 5.87. The number of carbonyl (C=O) groups excluding carboxylic acids is 3. The predicted molar refractivity (Wildman–Crippen MR) is 212 cm³/mol. The number of nitrogen functional groups attached to an aromatic ring is 1. The summed E-state index contributed by atoms with van der Waals surface area (Å²) in [4.78, 5) is 53.5. The van der Waals surface area contributed by atoms with Crippen LogP contribution in [0.1, 0.15) is 164 Å². The molecule has 0 radical (unpaired) electrons. The lowest BCUT2D eigenvalue weighted by Crippen LogP contribution is -2.44. The molecule has 58 heavy (non-hydrogen) atoms. The molecule has 2 rings (SSSR count). The molecule has 1 aromatic rings. The van der Waals surface area contributed by atoms with Crippen molar-refractivity contribution >= 4 is 31.5 Å². The molecule has 1 unspecified atom stereocenters. The standard InChI is InChI=1S/C40H68F2N3O12P/c1-8-9-10-11-12-13-14-15-16-17-18-19-20-21-22-23-24-32(46)57-33-30(56-34(40(33,41)42)45-26-25-31(43)44-37(45)49)27-53-58(50,54-28-51-35(47)38(2,3)4)55-29-52-36(48)39(5,6)7/h25-26,30,33-34H,8-24,27-29H2,1-7H3,(H2,43,44,49)/t30-,33-,34?/m1/s1. The second kappa shape index (κ2) is 24.9. The highest BCUT2D eigenvalue weighted by molar-refractivity contribution is 7.48. The number of nitrogens with two attached hydrogens (primary N) is 1. The van der Waals surface area contributed by atoms with E-state index in [1.54, 1.807) is 41.5 Å². The Balaban J connectivity index is 2.02. The van der Waals surface area contributed by atoms with Gasteiger partial charge in [0.05, 0.1) is 17.4 Å². The van der Waals surface area contributed by atoms with Gasteiger partial charge in [-0.25, -0.2) is 18.4 Å². The number of ether oxygens (including phenoxy) is 4. The third kappa shape index (κ3) is 18.5. The van der Waals surface area contributed by atoms with E-state index in [-0.39, 0.29) is 12.2 Å². The van der Waals surface area contributed by atoms with Crippen LogP contribution in [0.5, 0.6) is 0 Å². The Morgan fingerprint density at radius 2 is 1.24 bits per heavy atom. The van der Waals surface area contributed by atoms with Gasteiger partial charge in [-0.1, -0.05) is 103 Å². The van der Waals surface area contributed by atoms with Crippen LogP contribution in [0, 0.1) is 10.8 Å². The van der Waals surface area contributed by atoms with Gasteiger partial charge in [-0.2, -0.15) is 13.8 Å². The van der Waals surface area contributed by atoms with Crippen LogP contribution in [0.25, 0.3) is 0 Å². The van der Waals surface area contributed by atoms with Gasteiger partial charge in [0.25, 0.3) is 0 Å². The zero-order chi connectivity index (χ0) is 43.4. The number of nitrogens with zero attached hydrogens (tertiary/aromatic N) is 2. The number of esters is 3. The van der Waals surface area contributed by atoms with E-state index >= 15 is 8.78 Å². The molecule has 0 aromatic carbocycles. The Hall–Kier alpha value is -2.98. The van der Waals surface area contributed by atoms with Crippen molar-refractivity contribution in [2.45, 2.75) is 182 Å². The van der Waals surface area contributed by atoms with Gasteiger partial charge in [0.1, 0.15) is 11.9 Å². The summed E-state index contributed by atoms with van der Waals surface area (Å²) in [6.07, 6.45) is 12.4. The van der Waals surface area contributed by atoms with E-state index in [0.29, 0.717) is 17.4 Å². The van der Waals surface area contributed by atoms with Crippen LogP contribution in [-0.4, -0.2) is 65.8 Å². The Morgan fingerprint density at radius 3 is 1.67 bits per heavy atom. The molecular formula is C40H68F2N3O12P. The lowest BCUT2D eigenvalue weighted by atomic mass is 9.98. The van der Waals surface area contributed by atoms with E-state index in [2.05, 4.69) is 11.9 Å². The molecule has 1 aromatic heterocycles. The van der Waals surface area contributed by atoms with Crippen molar-refractivity contribution in [3.05, 3.63) is 22.7 Å². The Kier molecular flexibility index (Phi) is 22.0. The van der Waals surface area contributed by atoms with E-state index in [0.717, 1.165) is 37.9 Å². The lowest BCUT2D eigenvalue weighted by molar-refractivity contribution is -0.176. The van der Waals surface area contributed by atoms with Crippen molar-refractivity contribution in [3.63, 3.8) is 0 Å². The van der Waals surface area contributed by atoms with Crippen LogP contribution >= 0.6 is 7.82 Å². The summed E-state index contributed by atoms with van der Waals surface area (Å²) in [7, 11) is -4.86. The molecule has 0 aliphatic carbocycles. The molecule has 3 atom stereocenters. The molecule has 1 fully saturated rings. The topological polar surface area (TPSA) is 194 Å². The number of unbranched alkanes of at least 4 members (excludes halogenated alkanes) is 15. The normalized spacial score (nSPS) is 18.3. The fraction of sp³-hybridized carbons (Fsp3) is 0.825. The van der Waals surface area contributed by atoms with Crippen molar-refractivity contribution in [1.82, 2.24) is 9.55 Å². The molecule has 0 saturated carbocycles. The fourth-order valence-corrected chi connectivity index (χ4v) is 6.79. The van der Waals surface area contributed by atoms with Gasteiger partial charge in [0.15, 0.2) is 6.10 Å². The smallest absolute Gasteiger partial charge is 0.453 e. The lowest BCUT2D eigenvalue weighted by Gasteiger charge is -2.25. The maximum atomic E-state index is 16.1. The number of phosphoric acid groups is 1. The molecule has 2 heterocycles. The third-order valence-electron chi connectivity index (χ3n) is 9.37. The Labute approximate surface area is 342 Å². The number of hydrogen-bond acceptors (Lipinski definition) is 14. The molecule has 0 bridgehead atoms. The monoisotopic (exact) mass is 851 g/mol. The number of rotatable bonds is 28. The molecule has 15 nitrogen and oxygen atoms in total. The van der Waals surface area contributed by atoms with Crippen LogP contribution in [0.3, 0.4) is 0 Å². The average Bonchev–Trinajstić information content (AvgIpc) is 3.37. The minimum absolute atomic E-state index is 0.157. The minimum atomic E-state index is -4.86. The van der Waals surface area contributed by atoms with Gasteiger partial charge in [0.2, 0.25) is 19.8 Å². The van der Waals surface area contributed by atoms with Gasteiger partial charge in [0, 0.05) is 12.6 Å². The first-order valence-corrected chi connectivity index (χ1v) is 22.1. The summed E-state index contributed by atoms with van der Waals surface area (Å²) in [5.41, 5.74) is 2.45. The van der Waals surface area contributed by atoms with Crippen LogP contribution in [0.2, 0.25) is 0 Å². The van der Waals surface area contributed by atoms with Crippen molar-refractivity contribution in [1.29, 1.82) is 0 Å². The van der Waals surface area contributed by atoms with Gasteiger partial charge < -0.3 is 24.7 Å². The van der Waals surface area contributed by atoms with Crippen molar-refractivity contribution in [3.8, 4) is 0 Å². The highest BCUT2D eigenvalue weighted by Gasteiger charge is 2.63. The van der Waals surface area contributed by atoms with Gasteiger partial charge in [-0.05, 0) is 54.0 Å². The van der Waals surface area contributed by atoms with E-state index in [1.165, 1.54) is 64.2 Å². The largest absolute Gasteiger partial charge is 0.480 e. The first kappa shape index (κ1) is 51.2. The maximum absolute atomic E-state index is 16.1. The molecule has 2 N–H and O–H groups in total. The van der Waals surface area contributed by atoms with E-state index in [1.807, 2.05) is 0 Å². The van der Waals surface area contributed by atoms with Crippen LogP contribution < -0.4 is 11.4 Å². The summed E-state index contributed by atoms with van der Waals surface area (Å²) in [6, 6.07) is 1.11. The quantitative estimate of drug-likeness (QED) is 0.0276. The minimum Gasteiger partial charge on any atom is -0.453 e. The summed E-state index contributed by atoms with van der Waals surface area (Å²) in [6.45, 7) is 8.69. The maximum Gasteiger partial charge on any atom is 0.480 e. The van der Waals surface area contributed by atoms with Crippen LogP contribution in [-0.2, 0) is 51.5 Å². The molecule has 0 amide bonds. The number of phosphoric ester groups is 1. The van der Waals surface area contributed by atoms with Gasteiger partial charge in [-0.15, -0.1) is 0 Å². The van der Waals surface area contributed by atoms with E-state index in [4.69, 9.17) is 38.3 Å². The predicted octanol–water partition coefficient (Wildman–Crippen LogP) is 9.17. The first-order valence-electron chi connectivity index (χ1n) is 20.7. The highest BCUT2D eigenvalue weighted by Crippen LogP contribution is 2.52. The molecule has 1 aliphatic rings. The molecular weight excluding hydrogens is 783 g/mol. The Bertz CT molecular complexity index is 1480. The van der Waals surface area contributed by atoms with Crippen LogP contribution in [0.15, 0.2) is 17.1 Å². The van der Waals surface area contributed by atoms with Crippen molar-refractivity contribution < 1.29 is 60.2 Å². The summed E-state index contributed by atoms with van der Waals surface area (Å²) in [5.74, 6) is -6.67. The van der Waals surface area contributed by atoms with Crippen molar-refractivity contribution in [2.24, 2.45) is 10.8 Å². The van der Waals surface area contributed by atoms with Gasteiger partial charge in [-0.3, -0.25) is 23.5 Å². The average molecular weight is 852 g/mol. The van der Waals surface area contributed by atoms with Crippen LogP contribution in [0.4, 0.5) is 14.6 Å². The number of halogens is 2. The molecule has 334 valence electrons. The summed E-state index contributed by atoms with van der Waals surface area (Å²) >= 11 is 0. The van der Waals surface area contributed by atoms with Crippen molar-refractivity contribution in [2.75, 3.05) is 25.9 Å². The molecule has 1 saturated heterocycles. The number of hydrogen-bond donors (Lipinski definition) is 1. The molecule has 0 spiro atoms. The second-order valence-electron chi connectivity index (χ2n) is 16.8. The number of anilines is 1. The first-order chi connectivity index (χ1) is 27.2. The SMILES string of the molecule is CCCCCCCCCCCCCCCCCCC(=O)O[C@@H]1[C@@H](COP(=O)(OCOC(=O)C(C)(C)C)OCOC(=O)C(C)(C)C)OC(n2ccc(N)nc2=O)C1(F)F. The number of alkyl halides is 2. The second-order valence-corrected chi connectivity index (χ2v) is 18.5. The van der Waals surface area contributed by atoms with E-state index < -0.39 is 86.8 Å². The summed E-state index contributed by atoms with van der Waals surface area (Å²) < 4.78 is 82.7. The third-order valence-corrected chi connectivity index (χ3v) is 10.7. The number of aromatic nitrogens is 2. The number of carbonyl (C=O) groups is 3. The summed E-state index contributed by atoms with van der Waals surface area (Å²) in [5, 5.41) is 0. The zero-order valence-corrected chi connectivity index (χ0v) is 36.5. The van der Waals surface area contributed by atoms with Gasteiger partial charge >= 0.3 is 37.3 Å². The zero-order valence-electron chi connectivity index (χ0n) is 35.6. The van der Waals surface area contributed by atoms with E-state index in [9.17, 15) is 23.7 Å².